The van der Waals surface area contributed by atoms with E-state index in [1.807, 2.05) is 6.20 Å². The molecule has 2 aliphatic heterocycles. The number of β-lactam (4-membered cyclic amide) rings is 1. The van der Waals surface area contributed by atoms with E-state index in [0.29, 0.717) is 18.4 Å². The summed E-state index contributed by atoms with van der Waals surface area (Å²) < 4.78 is 4.87. The molecule has 0 bridgehead atoms. The highest BCUT2D eigenvalue weighted by molar-refractivity contribution is 8.00. The Bertz CT molecular complexity index is 313. The largest absolute Gasteiger partial charge is 0.461 e. The summed E-state index contributed by atoms with van der Waals surface area (Å²) >= 11 is 1.72. The molecule has 2 aliphatic rings. The second-order valence-corrected chi connectivity index (χ2v) is 4.50. The zero-order chi connectivity index (χ0) is 10.1. The van der Waals surface area contributed by atoms with Gasteiger partial charge in [0.25, 0.3) is 0 Å². The molecule has 0 aromatic carbocycles. The Morgan fingerprint density at radius 1 is 1.79 bits per heavy atom. The van der Waals surface area contributed by atoms with E-state index >= 15 is 0 Å². The Morgan fingerprint density at radius 3 is 3.21 bits per heavy atom. The fraction of sp³-hybridized carbons (Fsp3) is 0.556. The molecule has 0 aliphatic carbocycles. The van der Waals surface area contributed by atoms with Crippen LogP contribution >= 0.6 is 11.8 Å². The van der Waals surface area contributed by atoms with E-state index in [4.69, 9.17) is 4.74 Å². The van der Waals surface area contributed by atoms with Gasteiger partial charge in [0.1, 0.15) is 6.61 Å². The van der Waals surface area contributed by atoms with Crippen molar-refractivity contribution in [1.29, 1.82) is 0 Å². The first-order valence-corrected chi connectivity index (χ1v) is 5.47. The monoisotopic (exact) mass is 213 g/mol. The molecule has 1 atom stereocenters. The summed E-state index contributed by atoms with van der Waals surface area (Å²) in [6, 6.07) is 0. The van der Waals surface area contributed by atoms with Crippen molar-refractivity contribution in [1.82, 2.24) is 4.90 Å². The highest BCUT2D eigenvalue weighted by atomic mass is 32.2. The van der Waals surface area contributed by atoms with Crippen LogP contribution in [0.25, 0.3) is 0 Å². The van der Waals surface area contributed by atoms with Crippen LogP contribution in [-0.2, 0) is 14.3 Å². The van der Waals surface area contributed by atoms with E-state index in [2.05, 4.69) is 0 Å². The van der Waals surface area contributed by atoms with Gasteiger partial charge in [-0.15, -0.1) is 11.8 Å². The number of fused-ring (bicyclic) bond motifs is 1. The van der Waals surface area contributed by atoms with Gasteiger partial charge < -0.3 is 9.64 Å². The fourth-order valence-electron chi connectivity index (χ4n) is 1.41. The number of esters is 1. The van der Waals surface area contributed by atoms with Crippen molar-refractivity contribution >= 4 is 23.6 Å². The number of carbonyl (C=O) groups excluding carboxylic acids is 2. The Labute approximate surface area is 86.3 Å². The number of hydrogen-bond acceptors (Lipinski definition) is 4. The maximum Gasteiger partial charge on any atom is 0.302 e. The van der Waals surface area contributed by atoms with Gasteiger partial charge in [0.2, 0.25) is 5.91 Å². The van der Waals surface area contributed by atoms with Crippen LogP contribution in [0.15, 0.2) is 11.8 Å². The van der Waals surface area contributed by atoms with E-state index in [9.17, 15) is 9.59 Å². The van der Waals surface area contributed by atoms with E-state index in [1.54, 1.807) is 16.7 Å². The van der Waals surface area contributed by atoms with Gasteiger partial charge in [0, 0.05) is 18.9 Å². The second kappa shape index (κ2) is 3.65. The predicted octanol–water partition coefficient (Wildman–Crippen LogP) is 0.739. The quantitative estimate of drug-likeness (QED) is 0.501. The number of carbonyl (C=O) groups is 2. The Hall–Kier alpha value is -0.970. The third-order valence-electron chi connectivity index (χ3n) is 2.19. The molecule has 0 unspecified atom stereocenters. The second-order valence-electron chi connectivity index (χ2n) is 3.34. The average Bonchev–Trinajstić information content (AvgIpc) is 2.14. The van der Waals surface area contributed by atoms with Crippen LogP contribution in [0.1, 0.15) is 13.3 Å². The lowest BCUT2D eigenvalue weighted by Gasteiger charge is -2.40. The van der Waals surface area contributed by atoms with Crippen LogP contribution in [0, 0.1) is 0 Å². The van der Waals surface area contributed by atoms with Gasteiger partial charge in [-0.3, -0.25) is 9.59 Å². The molecule has 76 valence electrons. The lowest BCUT2D eigenvalue weighted by molar-refractivity contribution is -0.139. The maximum absolute atomic E-state index is 11.1. The molecule has 0 N–H and O–H groups in total. The number of amides is 1. The number of rotatable bonds is 2. The maximum atomic E-state index is 11.1. The van der Waals surface area contributed by atoms with Gasteiger partial charge in [-0.1, -0.05) is 0 Å². The molecule has 2 rings (SSSR count). The number of ether oxygens (including phenoxy) is 1. The molecule has 0 aromatic rings. The lowest BCUT2D eigenvalue weighted by Crippen LogP contribution is -2.49. The molecular formula is C9H11NO3S. The first kappa shape index (κ1) is 9.58. The molecule has 5 heteroatoms. The van der Waals surface area contributed by atoms with Crippen LogP contribution in [0.2, 0.25) is 0 Å². The van der Waals surface area contributed by atoms with Gasteiger partial charge in [-0.05, 0) is 5.57 Å². The fourth-order valence-corrected chi connectivity index (χ4v) is 2.57. The van der Waals surface area contributed by atoms with Crippen LogP contribution in [0.5, 0.6) is 0 Å². The number of nitrogens with zero attached hydrogens (tertiary/aromatic N) is 1. The summed E-state index contributed by atoms with van der Waals surface area (Å²) in [5.74, 6) is 0.720. The van der Waals surface area contributed by atoms with E-state index in [0.717, 1.165) is 11.3 Å². The van der Waals surface area contributed by atoms with E-state index in [1.165, 1.54) is 6.92 Å². The van der Waals surface area contributed by atoms with Crippen molar-refractivity contribution in [3.8, 4) is 0 Å². The van der Waals surface area contributed by atoms with Crippen molar-refractivity contribution in [2.45, 2.75) is 18.7 Å². The van der Waals surface area contributed by atoms with Gasteiger partial charge in [0.15, 0.2) is 0 Å². The van der Waals surface area contributed by atoms with Crippen molar-refractivity contribution in [2.75, 3.05) is 12.4 Å². The molecule has 0 aromatic heterocycles. The minimum atomic E-state index is -0.284. The molecule has 1 saturated heterocycles. The molecular weight excluding hydrogens is 202 g/mol. The normalized spacial score (nSPS) is 24.9. The molecule has 1 amide bonds. The third kappa shape index (κ3) is 1.77. The van der Waals surface area contributed by atoms with Crippen LogP contribution in [0.4, 0.5) is 0 Å². The van der Waals surface area contributed by atoms with E-state index < -0.39 is 0 Å². The molecule has 4 nitrogen and oxygen atoms in total. The SMILES string of the molecule is CC(=O)OCC1=CN2C(=O)C[C@H]2SC1. The van der Waals surface area contributed by atoms with E-state index in [-0.39, 0.29) is 11.9 Å². The Kier molecular flexibility index (Phi) is 2.50. The molecule has 14 heavy (non-hydrogen) atoms. The summed E-state index contributed by atoms with van der Waals surface area (Å²) in [7, 11) is 0. The first-order chi connectivity index (χ1) is 6.66. The predicted molar refractivity (Wildman–Crippen MR) is 52.4 cm³/mol. The highest BCUT2D eigenvalue weighted by Crippen LogP contribution is 2.35. The van der Waals surface area contributed by atoms with Gasteiger partial charge in [-0.2, -0.15) is 0 Å². The molecule has 2 heterocycles. The van der Waals surface area contributed by atoms with Crippen molar-refractivity contribution in [2.24, 2.45) is 0 Å². The first-order valence-electron chi connectivity index (χ1n) is 4.42. The van der Waals surface area contributed by atoms with Crippen LogP contribution in [0.3, 0.4) is 0 Å². The molecule has 0 saturated carbocycles. The Morgan fingerprint density at radius 2 is 2.57 bits per heavy atom. The molecule has 0 spiro atoms. The standard InChI is InChI=1S/C9H11NO3S/c1-6(11)13-4-7-3-10-8(12)2-9(10)14-5-7/h3,9H,2,4-5H2,1H3/t9-/m1/s1. The summed E-state index contributed by atoms with van der Waals surface area (Å²) in [6.45, 7) is 1.69. The number of hydrogen-bond donors (Lipinski definition) is 0. The third-order valence-corrected chi connectivity index (χ3v) is 3.51. The smallest absolute Gasteiger partial charge is 0.302 e. The Balaban J connectivity index is 1.93. The van der Waals surface area contributed by atoms with Crippen LogP contribution in [-0.4, -0.2) is 34.5 Å². The topological polar surface area (TPSA) is 46.6 Å². The van der Waals surface area contributed by atoms with Gasteiger partial charge in [0.05, 0.1) is 11.8 Å². The number of thioether (sulfide) groups is 1. The van der Waals surface area contributed by atoms with Gasteiger partial charge >= 0.3 is 5.97 Å². The van der Waals surface area contributed by atoms with Crippen molar-refractivity contribution in [3.05, 3.63) is 11.8 Å². The van der Waals surface area contributed by atoms with Gasteiger partial charge in [-0.25, -0.2) is 0 Å². The minimum absolute atomic E-state index is 0.155. The minimum Gasteiger partial charge on any atom is -0.461 e. The molecule has 0 radical (unpaired) electrons. The summed E-state index contributed by atoms with van der Waals surface area (Å²) in [5.41, 5.74) is 0.995. The highest BCUT2D eigenvalue weighted by Gasteiger charge is 2.37. The van der Waals surface area contributed by atoms with Crippen molar-refractivity contribution < 1.29 is 14.3 Å². The molecule has 1 fully saturated rings. The lowest BCUT2D eigenvalue weighted by atomic mass is 10.2. The zero-order valence-corrected chi connectivity index (χ0v) is 8.67. The average molecular weight is 213 g/mol. The van der Waals surface area contributed by atoms with Crippen LogP contribution < -0.4 is 0 Å². The van der Waals surface area contributed by atoms with Crippen molar-refractivity contribution in [3.63, 3.8) is 0 Å². The summed E-state index contributed by atoms with van der Waals surface area (Å²) in [5, 5.41) is 0.323. The zero-order valence-electron chi connectivity index (χ0n) is 7.86. The summed E-state index contributed by atoms with van der Waals surface area (Å²) in [4.78, 5) is 23.4. The summed E-state index contributed by atoms with van der Waals surface area (Å²) in [6.07, 6.45) is 2.46.